The molecule has 0 unspecified atom stereocenters. The molecule has 2 aromatic carbocycles. The fourth-order valence-corrected chi connectivity index (χ4v) is 2.15. The zero-order valence-corrected chi connectivity index (χ0v) is 9.95. The lowest BCUT2D eigenvalue weighted by molar-refractivity contribution is 0.784. The van der Waals surface area contributed by atoms with Crippen LogP contribution < -0.4 is 0 Å². The zero-order valence-electron chi connectivity index (χ0n) is 9.95. The fraction of sp³-hybridized carbons (Fsp3) is 0.312. The Morgan fingerprint density at radius 3 is 2.69 bits per heavy atom. The Morgan fingerprint density at radius 1 is 1.00 bits per heavy atom. The van der Waals surface area contributed by atoms with Gasteiger partial charge < -0.3 is 0 Å². The molecule has 0 saturated carbocycles. The predicted molar refractivity (Wildman–Crippen MR) is 71.5 cm³/mol. The van der Waals surface area contributed by atoms with E-state index in [2.05, 4.69) is 55.8 Å². The topological polar surface area (TPSA) is 0 Å². The minimum absolute atomic E-state index is 1.19. The van der Waals surface area contributed by atoms with Crippen molar-refractivity contribution >= 4 is 10.8 Å². The summed E-state index contributed by atoms with van der Waals surface area (Å²) in [6, 6.07) is 15.3. The quantitative estimate of drug-likeness (QED) is 0.624. The third-order valence-electron chi connectivity index (χ3n) is 3.02. The molecule has 0 atom stereocenters. The van der Waals surface area contributed by atoms with Gasteiger partial charge in [0.05, 0.1) is 0 Å². The van der Waals surface area contributed by atoms with Gasteiger partial charge in [0.2, 0.25) is 0 Å². The van der Waals surface area contributed by atoms with E-state index in [1.54, 1.807) is 0 Å². The monoisotopic (exact) mass is 211 g/mol. The molecule has 0 aliphatic carbocycles. The molecule has 0 aliphatic rings. The lowest BCUT2D eigenvalue weighted by Crippen LogP contribution is -1.88. The summed E-state index contributed by atoms with van der Waals surface area (Å²) < 4.78 is 0. The maximum atomic E-state index is 2.37. The Bertz CT molecular complexity index is 437. The van der Waals surface area contributed by atoms with Crippen molar-refractivity contribution in [2.24, 2.45) is 0 Å². The van der Waals surface area contributed by atoms with E-state index in [1.807, 2.05) is 0 Å². The minimum Gasteiger partial charge on any atom is -0.0651 e. The fourth-order valence-electron chi connectivity index (χ4n) is 2.15. The lowest BCUT2D eigenvalue weighted by atomic mass is 9.99. The summed E-state index contributed by atoms with van der Waals surface area (Å²) in [6.07, 6.45) is 7.25. The molecule has 0 spiro atoms. The van der Waals surface area contributed by atoms with E-state index in [0.29, 0.717) is 0 Å². The number of hydrogen-bond donors (Lipinski definition) is 0. The molecule has 0 saturated heterocycles. The first kappa shape index (κ1) is 11.2. The van der Waals surface area contributed by atoms with Crippen LogP contribution in [-0.2, 0) is 6.42 Å². The summed E-state index contributed by atoms with van der Waals surface area (Å²) in [5, 5.41) is 2.78. The van der Waals surface area contributed by atoms with Gasteiger partial charge in [0, 0.05) is 0 Å². The summed E-state index contributed by atoms with van der Waals surface area (Å²) in [6.45, 7) is 2.21. The van der Waals surface area contributed by atoms with Crippen molar-refractivity contribution in [2.75, 3.05) is 0 Å². The van der Waals surface area contributed by atoms with Crippen LogP contribution in [0.15, 0.2) is 42.5 Å². The maximum absolute atomic E-state index is 2.37. The van der Waals surface area contributed by atoms with E-state index >= 15 is 0 Å². The van der Waals surface area contributed by atoms with Crippen molar-refractivity contribution in [1.82, 2.24) is 0 Å². The third-order valence-corrected chi connectivity index (χ3v) is 3.02. The van der Waals surface area contributed by atoms with Gasteiger partial charge in [-0.25, -0.2) is 0 Å². The Balaban J connectivity index is 2.11. The summed E-state index contributed by atoms with van der Waals surface area (Å²) >= 11 is 0. The summed E-state index contributed by atoms with van der Waals surface area (Å²) in [5.41, 5.74) is 1.49. The normalized spacial score (nSPS) is 10.8. The van der Waals surface area contributed by atoms with Gasteiger partial charge in [-0.1, -0.05) is 55.8 Å². The van der Waals surface area contributed by atoms with Crippen molar-refractivity contribution < 1.29 is 0 Å². The Hall–Kier alpha value is -1.30. The molecule has 0 amide bonds. The summed E-state index contributed by atoms with van der Waals surface area (Å²) in [5.74, 6) is 0. The first-order chi connectivity index (χ1) is 7.92. The second-order valence-corrected chi connectivity index (χ2v) is 4.23. The molecule has 1 radical (unpaired) electrons. The van der Waals surface area contributed by atoms with Crippen molar-refractivity contribution in [3.8, 4) is 0 Å². The van der Waals surface area contributed by atoms with Crippen LogP contribution in [0.5, 0.6) is 0 Å². The number of aryl methyl sites for hydroxylation is 1. The second-order valence-electron chi connectivity index (χ2n) is 4.23. The lowest BCUT2D eigenvalue weighted by Gasteiger charge is -2.05. The van der Waals surface area contributed by atoms with E-state index in [0.717, 1.165) is 0 Å². The molecule has 0 heterocycles. The average Bonchev–Trinajstić information content (AvgIpc) is 2.35. The first-order valence-electron chi connectivity index (χ1n) is 6.20. The molecule has 0 nitrogen and oxygen atoms in total. The van der Waals surface area contributed by atoms with Crippen molar-refractivity contribution in [1.29, 1.82) is 0 Å². The van der Waals surface area contributed by atoms with Crippen molar-refractivity contribution in [2.45, 2.75) is 32.6 Å². The Kier molecular flexibility index (Phi) is 3.98. The molecule has 2 aromatic rings. The van der Waals surface area contributed by atoms with Gasteiger partial charge in [0.25, 0.3) is 0 Å². The van der Waals surface area contributed by atoms with Gasteiger partial charge in [-0.2, -0.15) is 0 Å². The molecule has 0 heteroatoms. The van der Waals surface area contributed by atoms with E-state index in [4.69, 9.17) is 0 Å². The second kappa shape index (κ2) is 5.69. The van der Waals surface area contributed by atoms with Gasteiger partial charge >= 0.3 is 0 Å². The van der Waals surface area contributed by atoms with Crippen LogP contribution in [0.2, 0.25) is 0 Å². The van der Waals surface area contributed by atoms with Crippen LogP contribution >= 0.6 is 0 Å². The highest BCUT2D eigenvalue weighted by atomic mass is 14.0. The predicted octanol–water partition coefficient (Wildman–Crippen LogP) is 4.78. The van der Waals surface area contributed by atoms with Gasteiger partial charge in [-0.15, -0.1) is 0 Å². The van der Waals surface area contributed by atoms with Crippen LogP contribution in [0.3, 0.4) is 0 Å². The Labute approximate surface area is 98.3 Å². The SMILES string of the molecule is CC[CH]CCCc1cccc2ccccc12. The highest BCUT2D eigenvalue weighted by molar-refractivity contribution is 5.85. The first-order valence-corrected chi connectivity index (χ1v) is 6.20. The highest BCUT2D eigenvalue weighted by Crippen LogP contribution is 2.20. The molecule has 0 aromatic heterocycles. The molecule has 0 aliphatic heterocycles. The standard InChI is InChI=1S/C16H19/c1-2-3-4-5-9-14-11-8-12-15-10-6-7-13-16(14)15/h3,6-8,10-13H,2,4-5,9H2,1H3. The van der Waals surface area contributed by atoms with Crippen molar-refractivity contribution in [3.63, 3.8) is 0 Å². The van der Waals surface area contributed by atoms with E-state index in [1.165, 1.54) is 42.0 Å². The average molecular weight is 211 g/mol. The highest BCUT2D eigenvalue weighted by Gasteiger charge is 1.99. The van der Waals surface area contributed by atoms with Gasteiger partial charge in [-0.05, 0) is 42.0 Å². The molecule has 0 bridgehead atoms. The smallest absolute Gasteiger partial charge is 0.0152 e. The van der Waals surface area contributed by atoms with Gasteiger partial charge in [-0.3, -0.25) is 0 Å². The molecular formula is C16H19. The number of rotatable bonds is 5. The third kappa shape index (κ3) is 2.63. The molecule has 0 fully saturated rings. The van der Waals surface area contributed by atoms with Crippen LogP contribution in [0, 0.1) is 6.42 Å². The molecule has 83 valence electrons. The number of hydrogen-bond acceptors (Lipinski definition) is 0. The maximum Gasteiger partial charge on any atom is -0.0152 e. The van der Waals surface area contributed by atoms with Gasteiger partial charge in [0.1, 0.15) is 0 Å². The largest absolute Gasteiger partial charge is 0.0651 e. The van der Waals surface area contributed by atoms with Crippen LogP contribution in [0.25, 0.3) is 10.8 Å². The number of benzene rings is 2. The minimum atomic E-state index is 1.19. The summed E-state index contributed by atoms with van der Waals surface area (Å²) in [4.78, 5) is 0. The van der Waals surface area contributed by atoms with Crippen LogP contribution in [0.4, 0.5) is 0 Å². The van der Waals surface area contributed by atoms with E-state index < -0.39 is 0 Å². The molecule has 0 N–H and O–H groups in total. The zero-order chi connectivity index (χ0) is 11.2. The number of unbranched alkanes of at least 4 members (excludes halogenated alkanes) is 3. The van der Waals surface area contributed by atoms with Crippen LogP contribution in [-0.4, -0.2) is 0 Å². The summed E-state index contributed by atoms with van der Waals surface area (Å²) in [7, 11) is 0. The van der Waals surface area contributed by atoms with E-state index in [-0.39, 0.29) is 0 Å². The van der Waals surface area contributed by atoms with Gasteiger partial charge in [0.15, 0.2) is 0 Å². The molecule has 2 rings (SSSR count). The molecular weight excluding hydrogens is 192 g/mol. The Morgan fingerprint density at radius 2 is 1.81 bits per heavy atom. The van der Waals surface area contributed by atoms with Crippen molar-refractivity contribution in [3.05, 3.63) is 54.4 Å². The molecule has 16 heavy (non-hydrogen) atoms. The van der Waals surface area contributed by atoms with E-state index in [9.17, 15) is 0 Å². The number of fused-ring (bicyclic) bond motifs is 1. The van der Waals surface area contributed by atoms with Crippen LogP contribution in [0.1, 0.15) is 31.7 Å².